The van der Waals surface area contributed by atoms with E-state index in [9.17, 15) is 0 Å². The van der Waals surface area contributed by atoms with E-state index in [1.54, 1.807) is 16.0 Å². The van der Waals surface area contributed by atoms with Crippen molar-refractivity contribution in [3.8, 4) is 10.4 Å². The molecule has 4 heteroatoms. The molecule has 2 aromatic heterocycles. The number of anilines is 1. The summed E-state index contributed by atoms with van der Waals surface area (Å²) < 4.78 is 1.79. The van der Waals surface area contributed by atoms with Crippen LogP contribution in [0, 0.1) is 0 Å². The number of hydrogen-bond acceptors (Lipinski definition) is 3. The van der Waals surface area contributed by atoms with Gasteiger partial charge in [-0.3, -0.25) is 4.68 Å². The first kappa shape index (κ1) is 12.2. The van der Waals surface area contributed by atoms with Gasteiger partial charge in [0.1, 0.15) is 5.82 Å². The van der Waals surface area contributed by atoms with Crippen LogP contribution in [0.2, 0.25) is 0 Å². The molecule has 92 valence electrons. The Balaban J connectivity index is 2.29. The van der Waals surface area contributed by atoms with Crippen molar-refractivity contribution in [2.24, 2.45) is 7.05 Å². The number of hydrogen-bond donors (Lipinski definition) is 1. The highest BCUT2D eigenvalue weighted by Crippen LogP contribution is 2.33. The quantitative estimate of drug-likeness (QED) is 0.825. The van der Waals surface area contributed by atoms with E-state index in [4.69, 9.17) is 5.73 Å². The summed E-state index contributed by atoms with van der Waals surface area (Å²) in [6.45, 7) is 2.22. The number of aryl methyl sites for hydroxylation is 2. The molecule has 0 unspecified atom stereocenters. The van der Waals surface area contributed by atoms with Gasteiger partial charge in [0.15, 0.2) is 0 Å². The van der Waals surface area contributed by atoms with Crippen molar-refractivity contribution < 1.29 is 0 Å². The van der Waals surface area contributed by atoms with Gasteiger partial charge in [-0.2, -0.15) is 5.10 Å². The van der Waals surface area contributed by atoms with E-state index in [1.165, 1.54) is 24.1 Å². The predicted octanol–water partition coefficient (Wildman–Crippen LogP) is 3.46. The molecule has 0 bridgehead atoms. The Labute approximate surface area is 106 Å². The van der Waals surface area contributed by atoms with Crippen molar-refractivity contribution in [1.29, 1.82) is 0 Å². The molecule has 0 aliphatic heterocycles. The standard InChI is InChI=1S/C13H19N3S/c1-3-4-5-7-10-12(11-8-6-9-17-11)13(14)16(2)15-10/h6,8-9H,3-5,7,14H2,1-2H3. The lowest BCUT2D eigenvalue weighted by molar-refractivity contribution is 0.685. The molecule has 0 saturated carbocycles. The highest BCUT2D eigenvalue weighted by Gasteiger charge is 2.15. The average molecular weight is 249 g/mol. The van der Waals surface area contributed by atoms with Gasteiger partial charge in [-0.05, 0) is 24.3 Å². The smallest absolute Gasteiger partial charge is 0.130 e. The first-order valence-electron chi connectivity index (χ1n) is 6.09. The lowest BCUT2D eigenvalue weighted by Crippen LogP contribution is -1.97. The molecule has 3 nitrogen and oxygen atoms in total. The van der Waals surface area contributed by atoms with Crippen molar-refractivity contribution in [3.05, 3.63) is 23.2 Å². The van der Waals surface area contributed by atoms with Crippen molar-refractivity contribution in [3.63, 3.8) is 0 Å². The molecule has 0 saturated heterocycles. The van der Waals surface area contributed by atoms with E-state index in [-0.39, 0.29) is 0 Å². The van der Waals surface area contributed by atoms with E-state index in [2.05, 4.69) is 29.5 Å². The molecule has 0 radical (unpaired) electrons. The maximum absolute atomic E-state index is 6.11. The largest absolute Gasteiger partial charge is 0.383 e. The molecule has 17 heavy (non-hydrogen) atoms. The minimum atomic E-state index is 0.777. The molecule has 0 aromatic carbocycles. The average Bonchev–Trinajstić information content (AvgIpc) is 2.90. The van der Waals surface area contributed by atoms with E-state index < -0.39 is 0 Å². The predicted molar refractivity (Wildman–Crippen MR) is 74.2 cm³/mol. The van der Waals surface area contributed by atoms with Crippen LogP contribution in [0.5, 0.6) is 0 Å². The third-order valence-electron chi connectivity index (χ3n) is 2.95. The molecule has 0 aliphatic carbocycles. The Morgan fingerprint density at radius 3 is 2.88 bits per heavy atom. The summed E-state index contributed by atoms with van der Waals surface area (Å²) >= 11 is 1.72. The number of aromatic nitrogens is 2. The first-order valence-corrected chi connectivity index (χ1v) is 6.97. The van der Waals surface area contributed by atoms with Gasteiger partial charge >= 0.3 is 0 Å². The number of nitrogen functional groups attached to an aromatic ring is 1. The van der Waals surface area contributed by atoms with Crippen LogP contribution in [0.1, 0.15) is 31.9 Å². The van der Waals surface area contributed by atoms with Crippen LogP contribution in [0.15, 0.2) is 17.5 Å². The normalized spacial score (nSPS) is 10.9. The fraction of sp³-hybridized carbons (Fsp3) is 0.462. The topological polar surface area (TPSA) is 43.8 Å². The fourth-order valence-electron chi connectivity index (χ4n) is 2.00. The van der Waals surface area contributed by atoms with Gasteiger partial charge in [0.25, 0.3) is 0 Å². The van der Waals surface area contributed by atoms with E-state index >= 15 is 0 Å². The zero-order valence-electron chi connectivity index (χ0n) is 10.4. The fourth-order valence-corrected chi connectivity index (χ4v) is 2.80. The maximum Gasteiger partial charge on any atom is 0.130 e. The van der Waals surface area contributed by atoms with E-state index in [1.807, 2.05) is 7.05 Å². The van der Waals surface area contributed by atoms with Gasteiger partial charge in [0.2, 0.25) is 0 Å². The van der Waals surface area contributed by atoms with Crippen LogP contribution in [0.4, 0.5) is 5.82 Å². The molecular formula is C13H19N3S. The SMILES string of the molecule is CCCCCc1nn(C)c(N)c1-c1cccs1. The molecule has 0 atom stereocenters. The van der Waals surface area contributed by atoms with Crippen molar-refractivity contribution in [2.75, 3.05) is 5.73 Å². The van der Waals surface area contributed by atoms with Gasteiger partial charge in [-0.1, -0.05) is 25.8 Å². The third kappa shape index (κ3) is 2.52. The summed E-state index contributed by atoms with van der Waals surface area (Å²) in [6.07, 6.45) is 4.69. The number of nitrogens with zero attached hydrogens (tertiary/aromatic N) is 2. The van der Waals surface area contributed by atoms with Gasteiger partial charge in [-0.25, -0.2) is 0 Å². The summed E-state index contributed by atoms with van der Waals surface area (Å²) in [6, 6.07) is 4.17. The van der Waals surface area contributed by atoms with Crippen molar-refractivity contribution in [1.82, 2.24) is 9.78 Å². The Morgan fingerprint density at radius 1 is 1.41 bits per heavy atom. The third-order valence-corrected chi connectivity index (χ3v) is 3.84. The molecule has 2 rings (SSSR count). The number of thiophene rings is 1. The monoisotopic (exact) mass is 249 g/mol. The van der Waals surface area contributed by atoms with Crippen molar-refractivity contribution >= 4 is 17.2 Å². The van der Waals surface area contributed by atoms with E-state index in [0.29, 0.717) is 0 Å². The molecule has 0 spiro atoms. The minimum Gasteiger partial charge on any atom is -0.383 e. The highest BCUT2D eigenvalue weighted by molar-refractivity contribution is 7.13. The van der Waals surface area contributed by atoms with Gasteiger partial charge in [0.05, 0.1) is 11.3 Å². The summed E-state index contributed by atoms with van der Waals surface area (Å²) in [5.74, 6) is 0.777. The summed E-state index contributed by atoms with van der Waals surface area (Å²) in [5, 5.41) is 6.62. The summed E-state index contributed by atoms with van der Waals surface area (Å²) in [4.78, 5) is 1.22. The second-order valence-corrected chi connectivity index (χ2v) is 5.21. The molecule has 0 aliphatic rings. The number of nitrogens with two attached hydrogens (primary N) is 1. The number of rotatable bonds is 5. The molecule has 0 amide bonds. The Kier molecular flexibility index (Phi) is 3.84. The molecular weight excluding hydrogens is 230 g/mol. The Morgan fingerprint density at radius 2 is 2.24 bits per heavy atom. The van der Waals surface area contributed by atoms with Crippen LogP contribution < -0.4 is 5.73 Å². The summed E-state index contributed by atoms with van der Waals surface area (Å²) in [7, 11) is 1.91. The zero-order valence-corrected chi connectivity index (χ0v) is 11.3. The number of unbranched alkanes of at least 4 members (excludes halogenated alkanes) is 2. The zero-order chi connectivity index (χ0) is 12.3. The first-order chi connectivity index (χ1) is 8.24. The maximum atomic E-state index is 6.11. The molecule has 2 heterocycles. The van der Waals surface area contributed by atoms with Crippen LogP contribution >= 0.6 is 11.3 Å². The van der Waals surface area contributed by atoms with Crippen LogP contribution in [0.25, 0.3) is 10.4 Å². The lowest BCUT2D eigenvalue weighted by Gasteiger charge is -2.00. The molecule has 2 aromatic rings. The van der Waals surface area contributed by atoms with Gasteiger partial charge < -0.3 is 5.73 Å². The van der Waals surface area contributed by atoms with Crippen molar-refractivity contribution in [2.45, 2.75) is 32.6 Å². The van der Waals surface area contributed by atoms with E-state index in [0.717, 1.165) is 23.5 Å². The van der Waals surface area contributed by atoms with Gasteiger partial charge in [-0.15, -0.1) is 11.3 Å². The Bertz CT molecular complexity index is 471. The Hall–Kier alpha value is -1.29. The highest BCUT2D eigenvalue weighted by atomic mass is 32.1. The minimum absolute atomic E-state index is 0.777. The van der Waals surface area contributed by atoms with Crippen LogP contribution in [-0.4, -0.2) is 9.78 Å². The van der Waals surface area contributed by atoms with Crippen LogP contribution in [-0.2, 0) is 13.5 Å². The second-order valence-electron chi connectivity index (χ2n) is 4.26. The summed E-state index contributed by atoms with van der Waals surface area (Å²) in [5.41, 5.74) is 8.38. The molecule has 0 fully saturated rings. The van der Waals surface area contributed by atoms with Crippen LogP contribution in [0.3, 0.4) is 0 Å². The van der Waals surface area contributed by atoms with Gasteiger partial charge in [0, 0.05) is 11.9 Å². The second kappa shape index (κ2) is 5.36. The lowest BCUT2D eigenvalue weighted by atomic mass is 10.1. The molecule has 2 N–H and O–H groups in total.